The number of hydrogen-bond donors (Lipinski definition) is 6. The number of hydrogen-bond acceptors (Lipinski definition) is 16. The first kappa shape index (κ1) is 43.0. The van der Waals surface area contributed by atoms with E-state index < -0.39 is 84.2 Å². The molecular weight excluding hydrogens is 778 g/mol. The van der Waals surface area contributed by atoms with Crippen LogP contribution >= 0.6 is 23.5 Å². The Hall–Kier alpha value is -4.75. The van der Waals surface area contributed by atoms with Crippen molar-refractivity contribution in [2.24, 2.45) is 12.8 Å². The van der Waals surface area contributed by atoms with Gasteiger partial charge < -0.3 is 41.5 Å². The van der Waals surface area contributed by atoms with Crippen molar-refractivity contribution in [2.45, 2.75) is 35.6 Å². The number of carbonyl (C=O) groups is 8. The molecule has 1 aromatic carbocycles. The number of esters is 1. The van der Waals surface area contributed by atoms with Crippen molar-refractivity contribution in [2.75, 3.05) is 49.6 Å². The van der Waals surface area contributed by atoms with E-state index in [2.05, 4.69) is 31.5 Å². The van der Waals surface area contributed by atoms with Crippen molar-refractivity contribution >= 4 is 106 Å². The molecule has 22 nitrogen and oxygen atoms in total. The van der Waals surface area contributed by atoms with Gasteiger partial charge in [0.2, 0.25) is 11.1 Å². The molecule has 2 aromatic rings. The normalized spacial score (nSPS) is 19.0. The number of nitrogens with two attached hydrogens (primary N) is 1. The number of nitrogens with one attached hydrogen (secondary N) is 3. The van der Waals surface area contributed by atoms with Crippen molar-refractivity contribution in [3.63, 3.8) is 0 Å². The van der Waals surface area contributed by atoms with E-state index in [0.717, 1.165) is 4.90 Å². The number of β-lactam (4-membered cyclic amide) rings is 1. The van der Waals surface area contributed by atoms with Gasteiger partial charge in [0.25, 0.3) is 5.91 Å². The van der Waals surface area contributed by atoms with Gasteiger partial charge >= 0.3 is 65.3 Å². The number of anilines is 1. The SMILES string of the molecule is CCN1CCN(C(=O)N[C@@H](C(=O)N[C@@H]2C(=O)N3C(C(=O)O)=C(CSc4nnnn4C)CS[C@H]23)c2cccc(NCC(=O)OC[C@@H](N)C(=O)O)c2)C(=O)C1=O.[NaH]. The standard InChI is InChI=1S/C30H35N11O11S2.Na.H/c1-3-39-7-8-40(25(46)24(39)45)29(51)34-19(14-5-4-6-16(9-14)32-10-18(42)52-11-17(31)27(47)48)22(43)33-20-23(44)41-21(28(49)50)15(12-53-26(20)41)13-54-30-35-36-37-38(30)2;;/h4-6,9,17,19-20,26,32H,3,7-8,10-13,31H2,1-2H3,(H,33,43)(H,34,51)(H,47,48)(H,49,50);;/t17-,19-,20-,26-;;/m1../s1. The van der Waals surface area contributed by atoms with Gasteiger partial charge in [-0.25, -0.2) is 14.3 Å². The first-order valence-corrected chi connectivity index (χ1v) is 18.2. The second kappa shape index (κ2) is 18.7. The second-order valence-corrected chi connectivity index (χ2v) is 13.9. The Morgan fingerprint density at radius 2 is 1.87 bits per heavy atom. The number of aryl methyl sites for hydroxylation is 1. The van der Waals surface area contributed by atoms with Crippen LogP contribution in [0.25, 0.3) is 0 Å². The van der Waals surface area contributed by atoms with Gasteiger partial charge in [-0.15, -0.1) is 16.9 Å². The zero-order valence-corrected chi connectivity index (χ0v) is 30.3. The summed E-state index contributed by atoms with van der Waals surface area (Å²) >= 11 is 2.41. The van der Waals surface area contributed by atoms with Gasteiger partial charge in [0, 0.05) is 43.9 Å². The third-order valence-electron chi connectivity index (χ3n) is 8.37. The molecule has 7 N–H and O–H groups in total. The number of carboxylic acid groups (broad SMARTS) is 2. The number of piperazine rings is 1. The number of benzene rings is 1. The van der Waals surface area contributed by atoms with Crippen LogP contribution in [0, 0.1) is 0 Å². The van der Waals surface area contributed by atoms with Crippen LogP contribution in [-0.2, 0) is 45.3 Å². The predicted octanol–water partition coefficient (Wildman–Crippen LogP) is -3.10. The summed E-state index contributed by atoms with van der Waals surface area (Å²) in [7, 11) is 1.62. The average Bonchev–Trinajstić information content (AvgIpc) is 3.57. The number of aliphatic carboxylic acids is 2. The van der Waals surface area contributed by atoms with Gasteiger partial charge in [0.1, 0.15) is 42.3 Å². The van der Waals surface area contributed by atoms with Gasteiger partial charge in [-0.3, -0.25) is 38.6 Å². The Labute approximate surface area is 342 Å². The van der Waals surface area contributed by atoms with E-state index in [9.17, 15) is 43.5 Å². The number of likely N-dealkylation sites (N-methyl/N-ethyl adjacent to an activating group) is 1. The minimum atomic E-state index is -1.57. The zero-order chi connectivity index (χ0) is 39.3. The van der Waals surface area contributed by atoms with E-state index in [1.807, 2.05) is 0 Å². The number of rotatable bonds is 15. The summed E-state index contributed by atoms with van der Waals surface area (Å²) in [6.07, 6.45) is 0. The third kappa shape index (κ3) is 9.74. The van der Waals surface area contributed by atoms with Crippen molar-refractivity contribution in [1.82, 2.24) is 45.5 Å². The molecule has 0 bridgehead atoms. The molecule has 0 spiro atoms. The number of nitrogens with zero attached hydrogens (tertiary/aromatic N) is 7. The molecule has 4 heterocycles. The van der Waals surface area contributed by atoms with Gasteiger partial charge in [-0.2, -0.15) is 0 Å². The van der Waals surface area contributed by atoms with E-state index in [0.29, 0.717) is 15.6 Å². The molecule has 25 heteroatoms. The fraction of sp³-hybridized carbons (Fsp3) is 0.433. The molecule has 2 fully saturated rings. The van der Waals surface area contributed by atoms with Crippen molar-refractivity contribution in [3.05, 3.63) is 41.1 Å². The number of amides is 6. The van der Waals surface area contributed by atoms with Gasteiger partial charge in [-0.1, -0.05) is 23.9 Å². The topological polar surface area (TPSA) is 302 Å². The Kier molecular flexibility index (Phi) is 14.6. The number of imide groups is 1. The Morgan fingerprint density at radius 1 is 1.13 bits per heavy atom. The number of ether oxygens (including phenoxy) is 1. The van der Waals surface area contributed by atoms with Crippen LogP contribution in [0.5, 0.6) is 0 Å². The van der Waals surface area contributed by atoms with Crippen LogP contribution in [0.3, 0.4) is 0 Å². The first-order valence-electron chi connectivity index (χ1n) is 16.2. The molecule has 0 unspecified atom stereocenters. The fourth-order valence-corrected chi connectivity index (χ4v) is 7.84. The molecule has 3 aliphatic rings. The molecule has 3 aliphatic heterocycles. The first-order chi connectivity index (χ1) is 25.7. The number of carbonyl (C=O) groups excluding carboxylic acids is 6. The van der Waals surface area contributed by atoms with Crippen LogP contribution in [0.4, 0.5) is 10.5 Å². The van der Waals surface area contributed by atoms with Crippen molar-refractivity contribution in [3.8, 4) is 0 Å². The number of fused-ring (bicyclic) bond motifs is 1. The van der Waals surface area contributed by atoms with Crippen LogP contribution in [0.2, 0.25) is 0 Å². The molecule has 290 valence electrons. The van der Waals surface area contributed by atoms with Crippen LogP contribution in [0.15, 0.2) is 40.7 Å². The summed E-state index contributed by atoms with van der Waals surface area (Å²) in [5.41, 5.74) is 5.96. The maximum absolute atomic E-state index is 14.0. The molecule has 0 aliphatic carbocycles. The molecule has 0 saturated carbocycles. The zero-order valence-electron chi connectivity index (χ0n) is 28.7. The van der Waals surface area contributed by atoms with E-state index in [-0.39, 0.29) is 77.6 Å². The van der Waals surface area contributed by atoms with Crippen LogP contribution < -0.4 is 21.7 Å². The van der Waals surface area contributed by atoms with Crippen molar-refractivity contribution < 1.29 is 53.3 Å². The summed E-state index contributed by atoms with van der Waals surface area (Å²) < 4.78 is 6.27. The van der Waals surface area contributed by atoms with E-state index in [1.165, 1.54) is 57.4 Å². The monoisotopic (exact) mass is 813 g/mol. The molecular formula is C30H36N11NaO11S2. The van der Waals surface area contributed by atoms with Gasteiger partial charge in [0.05, 0.1) is 0 Å². The molecule has 2 saturated heterocycles. The quantitative estimate of drug-likeness (QED) is 0.0341. The van der Waals surface area contributed by atoms with Crippen LogP contribution in [-0.4, -0.2) is 184 Å². The molecule has 5 rings (SSSR count). The second-order valence-electron chi connectivity index (χ2n) is 11.9. The molecule has 1 aromatic heterocycles. The molecule has 6 amide bonds. The van der Waals surface area contributed by atoms with Gasteiger partial charge in [-0.05, 0) is 40.6 Å². The fourth-order valence-electron chi connectivity index (χ4n) is 5.51. The van der Waals surface area contributed by atoms with Crippen molar-refractivity contribution in [1.29, 1.82) is 0 Å². The maximum atomic E-state index is 14.0. The Morgan fingerprint density at radius 3 is 2.53 bits per heavy atom. The molecule has 4 atom stereocenters. The van der Waals surface area contributed by atoms with E-state index in [4.69, 9.17) is 15.6 Å². The number of carboxylic acids is 2. The minimum absolute atomic E-state index is 0. The summed E-state index contributed by atoms with van der Waals surface area (Å²) in [4.78, 5) is 105. The average molecular weight is 814 g/mol. The van der Waals surface area contributed by atoms with E-state index in [1.54, 1.807) is 14.0 Å². The Balaban J connectivity index is 0.00000673. The number of thioether (sulfide) groups is 2. The summed E-state index contributed by atoms with van der Waals surface area (Å²) in [6, 6.07) is 0.605. The number of urea groups is 1. The Bertz CT molecular complexity index is 1910. The van der Waals surface area contributed by atoms with E-state index >= 15 is 0 Å². The summed E-state index contributed by atoms with van der Waals surface area (Å²) in [5.74, 6) is -6.76. The number of aromatic nitrogens is 4. The summed E-state index contributed by atoms with van der Waals surface area (Å²) in [6.45, 7) is 0.832. The molecule has 55 heavy (non-hydrogen) atoms. The third-order valence-corrected chi connectivity index (χ3v) is 10.8. The van der Waals surface area contributed by atoms with Crippen LogP contribution in [0.1, 0.15) is 18.5 Å². The molecule has 0 radical (unpaired) electrons. The number of tetrazole rings is 1. The predicted molar refractivity (Wildman–Crippen MR) is 193 cm³/mol. The summed E-state index contributed by atoms with van der Waals surface area (Å²) in [5, 5.41) is 37.6. The van der Waals surface area contributed by atoms with Gasteiger partial charge in [0.15, 0.2) is 0 Å².